The second-order valence-electron chi connectivity index (χ2n) is 4.86. The third kappa shape index (κ3) is 3.31. The Kier molecular flexibility index (Phi) is 4.44. The topological polar surface area (TPSA) is 44.9 Å². The van der Waals surface area contributed by atoms with E-state index in [1.807, 2.05) is 53.9 Å². The first-order valence-electron chi connectivity index (χ1n) is 7.17. The highest BCUT2D eigenvalue weighted by Gasteiger charge is 2.07. The van der Waals surface area contributed by atoms with E-state index in [2.05, 4.69) is 21.6 Å². The Morgan fingerprint density at radius 3 is 2.73 bits per heavy atom. The van der Waals surface area contributed by atoms with Gasteiger partial charge >= 0.3 is 0 Å². The second kappa shape index (κ2) is 6.66. The van der Waals surface area contributed by atoms with Gasteiger partial charge in [0, 0.05) is 23.3 Å². The fourth-order valence-electron chi connectivity index (χ4n) is 2.20. The van der Waals surface area contributed by atoms with Crippen LogP contribution >= 0.6 is 11.6 Å². The van der Waals surface area contributed by atoms with Crippen LogP contribution in [0.1, 0.15) is 6.92 Å². The third-order valence-electron chi connectivity index (χ3n) is 3.38. The Balaban J connectivity index is 1.64. The van der Waals surface area contributed by atoms with Gasteiger partial charge in [-0.25, -0.2) is 4.98 Å². The zero-order valence-electron chi connectivity index (χ0n) is 12.3. The molecule has 0 saturated carbocycles. The summed E-state index contributed by atoms with van der Waals surface area (Å²) in [6, 6.07) is 7.36. The van der Waals surface area contributed by atoms with Gasteiger partial charge in [-0.15, -0.1) is 0 Å². The lowest BCUT2D eigenvalue weighted by molar-refractivity contribution is 0.299. The molecule has 0 radical (unpaired) electrons. The molecule has 1 aromatic carbocycles. The van der Waals surface area contributed by atoms with Gasteiger partial charge in [-0.05, 0) is 31.2 Å². The van der Waals surface area contributed by atoms with Crippen molar-refractivity contribution in [2.45, 2.75) is 20.0 Å². The molecule has 3 rings (SSSR count). The van der Waals surface area contributed by atoms with Gasteiger partial charge in [-0.3, -0.25) is 4.68 Å². The lowest BCUT2D eigenvalue weighted by Crippen LogP contribution is -2.08. The molecule has 0 fully saturated rings. The van der Waals surface area contributed by atoms with Crippen molar-refractivity contribution in [3.05, 3.63) is 54.2 Å². The molecular formula is C16H17ClN4O. The van der Waals surface area contributed by atoms with Crippen molar-refractivity contribution in [3.63, 3.8) is 0 Å². The van der Waals surface area contributed by atoms with Crippen LogP contribution in [0.15, 0.2) is 49.2 Å². The average molecular weight is 317 g/mol. The molecule has 0 aliphatic rings. The van der Waals surface area contributed by atoms with Gasteiger partial charge in [-0.2, -0.15) is 5.10 Å². The largest absolute Gasteiger partial charge is 0.492 e. The molecule has 0 N–H and O–H groups in total. The minimum atomic E-state index is 0.562. The van der Waals surface area contributed by atoms with Gasteiger partial charge in [-0.1, -0.05) is 11.6 Å². The van der Waals surface area contributed by atoms with Crippen LogP contribution in [0, 0.1) is 0 Å². The van der Waals surface area contributed by atoms with Crippen LogP contribution in [0.2, 0.25) is 5.02 Å². The summed E-state index contributed by atoms with van der Waals surface area (Å²) >= 11 is 5.85. The predicted molar refractivity (Wildman–Crippen MR) is 86.1 cm³/mol. The number of ether oxygens (including phenoxy) is 1. The lowest BCUT2D eigenvalue weighted by Gasteiger charge is -2.09. The molecule has 0 bridgehead atoms. The molecule has 0 spiro atoms. The Morgan fingerprint density at radius 1 is 1.18 bits per heavy atom. The van der Waals surface area contributed by atoms with Crippen LogP contribution < -0.4 is 4.74 Å². The number of hydrogen-bond acceptors (Lipinski definition) is 3. The van der Waals surface area contributed by atoms with Crippen molar-refractivity contribution in [2.24, 2.45) is 0 Å². The van der Waals surface area contributed by atoms with Gasteiger partial charge in [0.15, 0.2) is 0 Å². The van der Waals surface area contributed by atoms with E-state index in [4.69, 9.17) is 16.3 Å². The molecular weight excluding hydrogens is 300 g/mol. The summed E-state index contributed by atoms with van der Waals surface area (Å²) in [5.74, 6) is 0.810. The van der Waals surface area contributed by atoms with Crippen molar-refractivity contribution in [3.8, 4) is 17.0 Å². The summed E-state index contributed by atoms with van der Waals surface area (Å²) in [5.41, 5.74) is 2.10. The predicted octanol–water partition coefficient (Wildman–Crippen LogP) is 3.50. The zero-order chi connectivity index (χ0) is 15.4. The first-order valence-corrected chi connectivity index (χ1v) is 7.55. The van der Waals surface area contributed by atoms with Crippen LogP contribution in [-0.4, -0.2) is 25.9 Å². The first-order chi connectivity index (χ1) is 10.8. The van der Waals surface area contributed by atoms with Crippen molar-refractivity contribution >= 4 is 11.6 Å². The molecule has 114 valence electrons. The highest BCUT2D eigenvalue weighted by molar-refractivity contribution is 6.30. The van der Waals surface area contributed by atoms with E-state index in [9.17, 15) is 0 Å². The SMILES string of the molecule is CCn1cc(-c2cncn2CCOc2ccc(Cl)cc2)cn1. The summed E-state index contributed by atoms with van der Waals surface area (Å²) in [5, 5.41) is 5.01. The molecule has 0 aliphatic carbocycles. The van der Waals surface area contributed by atoms with Crippen molar-refractivity contribution in [2.75, 3.05) is 6.61 Å². The smallest absolute Gasteiger partial charge is 0.119 e. The van der Waals surface area contributed by atoms with E-state index >= 15 is 0 Å². The van der Waals surface area contributed by atoms with Gasteiger partial charge in [0.25, 0.3) is 0 Å². The highest BCUT2D eigenvalue weighted by atomic mass is 35.5. The van der Waals surface area contributed by atoms with E-state index in [-0.39, 0.29) is 0 Å². The van der Waals surface area contributed by atoms with E-state index in [1.54, 1.807) is 0 Å². The molecule has 0 saturated heterocycles. The van der Waals surface area contributed by atoms with E-state index in [0.29, 0.717) is 11.6 Å². The molecule has 0 unspecified atom stereocenters. The molecule has 2 aromatic heterocycles. The van der Waals surface area contributed by atoms with Crippen molar-refractivity contribution < 1.29 is 4.74 Å². The van der Waals surface area contributed by atoms with Crippen molar-refractivity contribution in [1.29, 1.82) is 0 Å². The average Bonchev–Trinajstić information content (AvgIpc) is 3.17. The summed E-state index contributed by atoms with van der Waals surface area (Å²) in [7, 11) is 0. The zero-order valence-corrected chi connectivity index (χ0v) is 13.1. The molecule has 3 aromatic rings. The number of aryl methyl sites for hydroxylation is 1. The molecule has 2 heterocycles. The quantitative estimate of drug-likeness (QED) is 0.699. The molecule has 0 atom stereocenters. The first kappa shape index (κ1) is 14.7. The second-order valence-corrected chi connectivity index (χ2v) is 5.30. The maximum Gasteiger partial charge on any atom is 0.119 e. The summed E-state index contributed by atoms with van der Waals surface area (Å²) < 4.78 is 9.69. The number of benzene rings is 1. The Hall–Kier alpha value is -2.27. The van der Waals surface area contributed by atoms with E-state index in [1.165, 1.54) is 0 Å². The van der Waals surface area contributed by atoms with Crippen LogP contribution in [0.25, 0.3) is 11.3 Å². The van der Waals surface area contributed by atoms with Crippen LogP contribution in [-0.2, 0) is 13.1 Å². The summed E-state index contributed by atoms with van der Waals surface area (Å²) in [4.78, 5) is 4.22. The normalized spacial score (nSPS) is 10.8. The van der Waals surface area contributed by atoms with Gasteiger partial charge in [0.1, 0.15) is 12.4 Å². The fourth-order valence-corrected chi connectivity index (χ4v) is 2.33. The summed E-state index contributed by atoms with van der Waals surface area (Å²) in [6.45, 7) is 4.20. The fraction of sp³-hybridized carbons (Fsp3) is 0.250. The monoisotopic (exact) mass is 316 g/mol. The Bertz CT molecular complexity index is 733. The molecule has 0 amide bonds. The minimum absolute atomic E-state index is 0.562. The van der Waals surface area contributed by atoms with Crippen LogP contribution in [0.3, 0.4) is 0 Å². The van der Waals surface area contributed by atoms with Crippen LogP contribution in [0.5, 0.6) is 5.75 Å². The highest BCUT2D eigenvalue weighted by Crippen LogP contribution is 2.19. The standard InChI is InChI=1S/C16H17ClN4O/c1-2-21-11-13(9-19-21)16-10-18-12-20(16)7-8-22-15-5-3-14(17)4-6-15/h3-6,9-12H,2,7-8H2,1H3. The number of aromatic nitrogens is 4. The number of hydrogen-bond donors (Lipinski definition) is 0. The molecule has 5 nitrogen and oxygen atoms in total. The molecule has 22 heavy (non-hydrogen) atoms. The van der Waals surface area contributed by atoms with Crippen molar-refractivity contribution in [1.82, 2.24) is 19.3 Å². The van der Waals surface area contributed by atoms with Crippen LogP contribution in [0.4, 0.5) is 0 Å². The van der Waals surface area contributed by atoms with E-state index < -0.39 is 0 Å². The molecule has 0 aliphatic heterocycles. The lowest BCUT2D eigenvalue weighted by atomic mass is 10.3. The maximum absolute atomic E-state index is 5.85. The van der Waals surface area contributed by atoms with Gasteiger partial charge in [0.2, 0.25) is 0 Å². The third-order valence-corrected chi connectivity index (χ3v) is 3.63. The van der Waals surface area contributed by atoms with Gasteiger partial charge in [0.05, 0.1) is 31.0 Å². The number of rotatable bonds is 6. The summed E-state index contributed by atoms with van der Waals surface area (Å²) in [6.07, 6.45) is 7.54. The number of imidazole rings is 1. The van der Waals surface area contributed by atoms with Gasteiger partial charge < -0.3 is 9.30 Å². The Morgan fingerprint density at radius 2 is 2.00 bits per heavy atom. The minimum Gasteiger partial charge on any atom is -0.492 e. The Labute approximate surface area is 134 Å². The van der Waals surface area contributed by atoms with E-state index in [0.717, 1.165) is 30.1 Å². The molecule has 6 heteroatoms. The maximum atomic E-state index is 5.85. The number of nitrogens with zero attached hydrogens (tertiary/aromatic N) is 4. The number of halogens is 1.